The number of ketones is 4. The molecule has 5 heteroatoms. The molecule has 5 nitrogen and oxygen atoms in total. The highest BCUT2D eigenvalue weighted by atomic mass is 16.5. The third-order valence-electron chi connectivity index (χ3n) is 5.46. The average molecular weight is 386 g/mol. The number of benzene rings is 2. The van der Waals surface area contributed by atoms with Crippen LogP contribution in [0.15, 0.2) is 70.8 Å². The van der Waals surface area contributed by atoms with Gasteiger partial charge in [0.2, 0.25) is 0 Å². The monoisotopic (exact) mass is 386 g/mol. The number of fused-ring (bicyclic) bond motifs is 2. The second-order valence-corrected chi connectivity index (χ2v) is 7.11. The topological polar surface area (TPSA) is 77.5 Å². The van der Waals surface area contributed by atoms with E-state index in [1.807, 2.05) is 0 Å². The van der Waals surface area contributed by atoms with Gasteiger partial charge < -0.3 is 4.74 Å². The van der Waals surface area contributed by atoms with Gasteiger partial charge in [-0.3, -0.25) is 19.2 Å². The second kappa shape index (κ2) is 7.18. The van der Waals surface area contributed by atoms with Crippen molar-refractivity contribution >= 4 is 23.1 Å². The highest BCUT2D eigenvalue weighted by molar-refractivity contribution is 6.27. The fourth-order valence-corrected chi connectivity index (χ4v) is 3.70. The van der Waals surface area contributed by atoms with E-state index in [9.17, 15) is 19.2 Å². The van der Waals surface area contributed by atoms with Gasteiger partial charge in [0.05, 0.1) is 13.2 Å². The summed E-state index contributed by atoms with van der Waals surface area (Å²) in [5.74, 6) is -0.904. The first-order chi connectivity index (χ1) is 13.9. The zero-order valence-electron chi connectivity index (χ0n) is 16.1. The molecule has 0 N–H and O–H groups in total. The molecule has 0 heterocycles. The van der Waals surface area contributed by atoms with Crippen LogP contribution in [0.4, 0.5) is 0 Å². The zero-order valence-corrected chi connectivity index (χ0v) is 16.1. The molecule has 0 amide bonds. The molecule has 2 aliphatic rings. The van der Waals surface area contributed by atoms with Crippen molar-refractivity contribution in [1.82, 2.24) is 0 Å². The first kappa shape index (κ1) is 18.9. The lowest BCUT2D eigenvalue weighted by Gasteiger charge is -2.21. The van der Waals surface area contributed by atoms with Gasteiger partial charge in [-0.15, -0.1) is 0 Å². The Kier molecular flexibility index (Phi) is 4.68. The summed E-state index contributed by atoms with van der Waals surface area (Å²) in [4.78, 5) is 50.6. The molecule has 0 aromatic heterocycles. The van der Waals surface area contributed by atoms with Crippen molar-refractivity contribution < 1.29 is 23.9 Å². The lowest BCUT2D eigenvalue weighted by Crippen LogP contribution is -2.26. The van der Waals surface area contributed by atoms with Crippen LogP contribution in [-0.4, -0.2) is 36.3 Å². The van der Waals surface area contributed by atoms with E-state index < -0.39 is 0 Å². The van der Waals surface area contributed by atoms with Crippen molar-refractivity contribution in [3.63, 3.8) is 0 Å². The van der Waals surface area contributed by atoms with E-state index in [0.29, 0.717) is 33.4 Å². The number of carbonyl (C=O) groups excluding carboxylic acids is 4. The van der Waals surface area contributed by atoms with E-state index in [-0.39, 0.29) is 47.5 Å². The summed E-state index contributed by atoms with van der Waals surface area (Å²) in [7, 11) is 0. The predicted octanol–water partition coefficient (Wildman–Crippen LogP) is 3.79. The van der Waals surface area contributed by atoms with Gasteiger partial charge in [-0.25, -0.2) is 0 Å². The Morgan fingerprint density at radius 2 is 0.862 bits per heavy atom. The average Bonchev–Trinajstić information content (AvgIpc) is 2.75. The van der Waals surface area contributed by atoms with E-state index in [2.05, 4.69) is 0 Å². The molecular weight excluding hydrogens is 368 g/mol. The minimum Gasteiger partial charge on any atom is -0.372 e. The maximum atomic E-state index is 12.8. The summed E-state index contributed by atoms with van der Waals surface area (Å²) in [6.45, 7) is 2.99. The minimum absolute atomic E-state index is 0.107. The van der Waals surface area contributed by atoms with Gasteiger partial charge in [0.1, 0.15) is 0 Å². The van der Waals surface area contributed by atoms with Crippen molar-refractivity contribution in [2.24, 2.45) is 0 Å². The van der Waals surface area contributed by atoms with Crippen molar-refractivity contribution in [2.45, 2.75) is 13.8 Å². The van der Waals surface area contributed by atoms with Crippen molar-refractivity contribution in [3.05, 3.63) is 93.1 Å². The lowest BCUT2D eigenvalue weighted by atomic mass is 9.84. The van der Waals surface area contributed by atoms with Crippen LogP contribution in [0.1, 0.15) is 55.3 Å². The van der Waals surface area contributed by atoms with E-state index in [0.717, 1.165) is 0 Å². The number of hydrogen-bond donors (Lipinski definition) is 0. The molecule has 0 spiro atoms. The fraction of sp³-hybridized carbons (Fsp3) is 0.167. The number of allylic oxidation sites excluding steroid dienone is 2. The van der Waals surface area contributed by atoms with Crippen LogP contribution in [0.25, 0.3) is 0 Å². The van der Waals surface area contributed by atoms with Crippen LogP contribution >= 0.6 is 0 Å². The van der Waals surface area contributed by atoms with Crippen molar-refractivity contribution in [1.29, 1.82) is 0 Å². The Morgan fingerprint density at radius 1 is 0.552 bits per heavy atom. The maximum absolute atomic E-state index is 12.8. The first-order valence-corrected chi connectivity index (χ1v) is 9.26. The van der Waals surface area contributed by atoms with Gasteiger partial charge in [-0.05, 0) is 13.8 Å². The molecule has 2 aromatic carbocycles. The highest BCUT2D eigenvalue weighted by Gasteiger charge is 2.31. The summed E-state index contributed by atoms with van der Waals surface area (Å²) in [6, 6.07) is 13.4. The molecule has 0 unspecified atom stereocenters. The molecule has 0 aliphatic heterocycles. The first-order valence-electron chi connectivity index (χ1n) is 9.26. The second-order valence-electron chi connectivity index (χ2n) is 7.11. The third-order valence-corrected chi connectivity index (χ3v) is 5.46. The molecule has 0 saturated heterocycles. The summed E-state index contributed by atoms with van der Waals surface area (Å²) in [5.41, 5.74) is 2.74. The Labute approximate surface area is 167 Å². The van der Waals surface area contributed by atoms with Crippen LogP contribution in [0.3, 0.4) is 0 Å². The quantitative estimate of drug-likeness (QED) is 0.799. The molecule has 144 valence electrons. The van der Waals surface area contributed by atoms with Crippen LogP contribution < -0.4 is 0 Å². The zero-order chi connectivity index (χ0) is 20.7. The minimum atomic E-state index is -0.250. The van der Waals surface area contributed by atoms with Crippen LogP contribution in [0.2, 0.25) is 0 Å². The molecule has 2 aromatic rings. The van der Waals surface area contributed by atoms with E-state index in [4.69, 9.17) is 4.74 Å². The van der Waals surface area contributed by atoms with Gasteiger partial charge in [-0.2, -0.15) is 0 Å². The molecule has 0 radical (unpaired) electrons. The van der Waals surface area contributed by atoms with Gasteiger partial charge in [0.15, 0.2) is 23.1 Å². The Balaban J connectivity index is 1.55. The number of Topliss-reactive ketones (excluding diaryl/α,β-unsaturated/α-hetero) is 4. The third kappa shape index (κ3) is 3.00. The van der Waals surface area contributed by atoms with Gasteiger partial charge in [0.25, 0.3) is 0 Å². The Morgan fingerprint density at radius 3 is 1.21 bits per heavy atom. The van der Waals surface area contributed by atoms with Crippen LogP contribution in [-0.2, 0) is 4.74 Å². The van der Waals surface area contributed by atoms with E-state index in [1.54, 1.807) is 62.4 Å². The van der Waals surface area contributed by atoms with Crippen LogP contribution in [0.5, 0.6) is 0 Å². The molecule has 2 aliphatic carbocycles. The predicted molar refractivity (Wildman–Crippen MR) is 106 cm³/mol. The molecule has 0 atom stereocenters. The number of ether oxygens (including phenoxy) is 1. The number of rotatable bonds is 4. The lowest BCUT2D eigenvalue weighted by molar-refractivity contribution is 0.0915. The molecule has 0 saturated carbocycles. The summed E-state index contributed by atoms with van der Waals surface area (Å²) < 4.78 is 5.66. The normalized spacial score (nSPS) is 16.3. The van der Waals surface area contributed by atoms with Gasteiger partial charge in [-0.1, -0.05) is 48.5 Å². The van der Waals surface area contributed by atoms with Gasteiger partial charge >= 0.3 is 0 Å². The summed E-state index contributed by atoms with van der Waals surface area (Å²) in [5, 5.41) is 0. The van der Waals surface area contributed by atoms with E-state index >= 15 is 0 Å². The van der Waals surface area contributed by atoms with Gasteiger partial charge in [0, 0.05) is 44.5 Å². The SMILES string of the molecule is CC1=C(COCC2=C(C)C(=O)c3ccccc3C2=O)C(=O)c2ccccc2C1=O. The fourth-order valence-electron chi connectivity index (χ4n) is 3.70. The Hall–Kier alpha value is -3.44. The van der Waals surface area contributed by atoms with Crippen molar-refractivity contribution in [3.8, 4) is 0 Å². The highest BCUT2D eigenvalue weighted by Crippen LogP contribution is 2.28. The van der Waals surface area contributed by atoms with E-state index in [1.165, 1.54) is 0 Å². The summed E-state index contributed by atoms with van der Waals surface area (Å²) in [6.07, 6.45) is 0. The maximum Gasteiger partial charge on any atom is 0.192 e. The van der Waals surface area contributed by atoms with Crippen LogP contribution in [0, 0.1) is 0 Å². The summed E-state index contributed by atoms with van der Waals surface area (Å²) >= 11 is 0. The molecule has 4 rings (SSSR count). The standard InChI is InChI=1S/C24H18O5/c1-13-19(23(27)17-9-5-3-7-15(17)21(13)25)11-29-12-20-14(2)22(26)16-8-4-6-10-18(16)24(20)28/h3-10H,11-12H2,1-2H3. The number of carbonyl (C=O) groups is 4. The smallest absolute Gasteiger partial charge is 0.192 e. The molecule has 0 bridgehead atoms. The van der Waals surface area contributed by atoms with Crippen molar-refractivity contribution in [2.75, 3.05) is 13.2 Å². The largest absolute Gasteiger partial charge is 0.372 e. The molecular formula is C24H18O5. The Bertz CT molecular complexity index is 1070. The molecule has 29 heavy (non-hydrogen) atoms. The molecule has 0 fully saturated rings. The number of hydrogen-bond acceptors (Lipinski definition) is 5.